The molecular formula is C22H22N2O4S2. The molecule has 1 heterocycles. The monoisotopic (exact) mass is 442 g/mol. The Morgan fingerprint density at radius 2 is 1.90 bits per heavy atom. The van der Waals surface area contributed by atoms with Crippen LogP contribution >= 0.6 is 24.0 Å². The summed E-state index contributed by atoms with van der Waals surface area (Å²) in [6.07, 6.45) is 1.75. The Hall–Kier alpha value is -2.68. The fraction of sp³-hybridized carbons (Fsp3) is 0.227. The van der Waals surface area contributed by atoms with Crippen LogP contribution in [0.3, 0.4) is 0 Å². The zero-order valence-corrected chi connectivity index (χ0v) is 18.1. The number of ether oxygens (including phenoxy) is 1. The molecule has 2 aromatic carbocycles. The van der Waals surface area contributed by atoms with E-state index in [-0.39, 0.29) is 31.5 Å². The molecule has 6 nitrogen and oxygen atoms in total. The third-order valence-electron chi connectivity index (χ3n) is 4.35. The second kappa shape index (κ2) is 10.4. The first-order chi connectivity index (χ1) is 14.5. The predicted octanol–water partition coefficient (Wildman–Crippen LogP) is 3.31. The molecule has 0 unspecified atom stereocenters. The van der Waals surface area contributed by atoms with Crippen molar-refractivity contribution in [1.29, 1.82) is 0 Å². The normalized spacial score (nSPS) is 15.0. The Kier molecular flexibility index (Phi) is 7.62. The summed E-state index contributed by atoms with van der Waals surface area (Å²) in [5, 5.41) is 9.35. The van der Waals surface area contributed by atoms with Crippen molar-refractivity contribution in [2.75, 3.05) is 31.2 Å². The number of para-hydroxylation sites is 1. The highest BCUT2D eigenvalue weighted by Crippen LogP contribution is 2.33. The maximum absolute atomic E-state index is 12.9. The maximum Gasteiger partial charge on any atom is 0.266 e. The summed E-state index contributed by atoms with van der Waals surface area (Å²) in [5.74, 6) is 0.149. The molecule has 1 N–H and O–H groups in total. The maximum atomic E-state index is 12.9. The van der Waals surface area contributed by atoms with Gasteiger partial charge in [-0.15, -0.1) is 0 Å². The van der Waals surface area contributed by atoms with Crippen LogP contribution in [0.2, 0.25) is 0 Å². The third kappa shape index (κ3) is 5.27. The van der Waals surface area contributed by atoms with Crippen molar-refractivity contribution in [3.05, 3.63) is 65.1 Å². The Labute approximate surface area is 185 Å². The van der Waals surface area contributed by atoms with Gasteiger partial charge in [-0.05, 0) is 42.8 Å². The fourth-order valence-electron chi connectivity index (χ4n) is 2.94. The van der Waals surface area contributed by atoms with Crippen molar-refractivity contribution >= 4 is 51.9 Å². The van der Waals surface area contributed by atoms with Crippen LogP contribution in [0.5, 0.6) is 5.75 Å². The molecule has 8 heteroatoms. The number of benzene rings is 2. The number of nitrogens with zero attached hydrogens (tertiary/aromatic N) is 2. The number of thiocarbonyl (C=S) groups is 1. The molecule has 0 spiro atoms. The SMILES string of the molecule is CCOc1ccc(/C=C2/SC(=S)N(CC(=O)N(CCO)c3ccccc3)C2=O)cc1. The average molecular weight is 443 g/mol. The summed E-state index contributed by atoms with van der Waals surface area (Å²) in [6.45, 7) is 2.28. The molecule has 0 aromatic heterocycles. The number of hydrogen-bond donors (Lipinski definition) is 1. The highest BCUT2D eigenvalue weighted by atomic mass is 32.2. The van der Waals surface area contributed by atoms with Gasteiger partial charge in [-0.1, -0.05) is 54.3 Å². The Morgan fingerprint density at radius 1 is 1.20 bits per heavy atom. The minimum atomic E-state index is -0.311. The number of anilines is 1. The average Bonchev–Trinajstić information content (AvgIpc) is 3.01. The lowest BCUT2D eigenvalue weighted by Gasteiger charge is -2.24. The summed E-state index contributed by atoms with van der Waals surface area (Å²) in [6, 6.07) is 16.4. The van der Waals surface area contributed by atoms with E-state index in [1.807, 2.05) is 49.4 Å². The number of rotatable bonds is 8. The van der Waals surface area contributed by atoms with E-state index in [9.17, 15) is 14.7 Å². The van der Waals surface area contributed by atoms with Crippen molar-refractivity contribution < 1.29 is 19.4 Å². The molecule has 2 amide bonds. The lowest BCUT2D eigenvalue weighted by molar-refractivity contribution is -0.127. The summed E-state index contributed by atoms with van der Waals surface area (Å²) in [7, 11) is 0. The van der Waals surface area contributed by atoms with Gasteiger partial charge in [0.2, 0.25) is 5.91 Å². The van der Waals surface area contributed by atoms with Gasteiger partial charge in [0.15, 0.2) is 0 Å². The lowest BCUT2D eigenvalue weighted by atomic mass is 10.2. The van der Waals surface area contributed by atoms with Crippen molar-refractivity contribution in [2.24, 2.45) is 0 Å². The van der Waals surface area contributed by atoms with Crippen LogP contribution in [-0.4, -0.2) is 52.4 Å². The minimum absolute atomic E-state index is 0.139. The van der Waals surface area contributed by atoms with Crippen LogP contribution < -0.4 is 9.64 Å². The zero-order valence-electron chi connectivity index (χ0n) is 16.5. The zero-order chi connectivity index (χ0) is 21.5. The topological polar surface area (TPSA) is 70.1 Å². The van der Waals surface area contributed by atoms with Crippen LogP contribution in [0, 0.1) is 0 Å². The molecule has 30 heavy (non-hydrogen) atoms. The van der Waals surface area contributed by atoms with Crippen molar-refractivity contribution in [1.82, 2.24) is 4.90 Å². The van der Waals surface area contributed by atoms with Gasteiger partial charge in [-0.2, -0.15) is 0 Å². The summed E-state index contributed by atoms with van der Waals surface area (Å²) in [5.41, 5.74) is 1.50. The van der Waals surface area contributed by atoms with E-state index in [4.69, 9.17) is 17.0 Å². The number of aliphatic hydroxyl groups is 1. The van der Waals surface area contributed by atoms with E-state index in [2.05, 4.69) is 0 Å². The van der Waals surface area contributed by atoms with Gasteiger partial charge in [0, 0.05) is 12.2 Å². The standard InChI is InChI=1S/C22H22N2O4S2/c1-2-28-18-10-8-16(9-11-18)14-19-21(27)24(22(29)30-19)15-20(26)23(12-13-25)17-6-4-3-5-7-17/h3-11,14,25H,2,12-13,15H2,1H3/b19-14+. The number of amides is 2. The summed E-state index contributed by atoms with van der Waals surface area (Å²) in [4.78, 5) is 28.9. The molecule has 2 aromatic rings. The van der Waals surface area contributed by atoms with Gasteiger partial charge in [-0.3, -0.25) is 14.5 Å². The molecular weight excluding hydrogens is 420 g/mol. The van der Waals surface area contributed by atoms with Crippen LogP contribution in [0.1, 0.15) is 12.5 Å². The molecule has 1 fully saturated rings. The van der Waals surface area contributed by atoms with Gasteiger partial charge in [0.05, 0.1) is 18.1 Å². The first-order valence-corrected chi connectivity index (χ1v) is 10.7. The van der Waals surface area contributed by atoms with Gasteiger partial charge in [0.25, 0.3) is 5.91 Å². The van der Waals surface area contributed by atoms with Crippen LogP contribution in [0.4, 0.5) is 5.69 Å². The fourth-order valence-corrected chi connectivity index (χ4v) is 4.20. The van der Waals surface area contributed by atoms with Gasteiger partial charge in [-0.25, -0.2) is 0 Å². The van der Waals surface area contributed by atoms with E-state index in [1.54, 1.807) is 18.2 Å². The van der Waals surface area contributed by atoms with Crippen molar-refractivity contribution in [2.45, 2.75) is 6.92 Å². The highest BCUT2D eigenvalue weighted by Gasteiger charge is 2.34. The Balaban J connectivity index is 1.73. The Bertz CT molecular complexity index is 945. The molecule has 0 bridgehead atoms. The molecule has 156 valence electrons. The molecule has 0 atom stereocenters. The number of carbonyl (C=O) groups excluding carboxylic acids is 2. The first-order valence-electron chi connectivity index (χ1n) is 9.48. The summed E-state index contributed by atoms with van der Waals surface area (Å²) >= 11 is 6.51. The van der Waals surface area contributed by atoms with E-state index in [1.165, 1.54) is 21.6 Å². The first kappa shape index (κ1) is 22.0. The van der Waals surface area contributed by atoms with Crippen LogP contribution in [-0.2, 0) is 9.59 Å². The molecule has 1 saturated heterocycles. The van der Waals surface area contributed by atoms with Gasteiger partial charge < -0.3 is 14.7 Å². The molecule has 3 rings (SSSR count). The van der Waals surface area contributed by atoms with Gasteiger partial charge in [0.1, 0.15) is 16.6 Å². The predicted molar refractivity (Wildman–Crippen MR) is 123 cm³/mol. The van der Waals surface area contributed by atoms with Gasteiger partial charge >= 0.3 is 0 Å². The highest BCUT2D eigenvalue weighted by molar-refractivity contribution is 8.26. The Morgan fingerprint density at radius 3 is 2.53 bits per heavy atom. The van der Waals surface area contributed by atoms with Crippen molar-refractivity contribution in [3.63, 3.8) is 0 Å². The summed E-state index contributed by atoms with van der Waals surface area (Å²) < 4.78 is 5.76. The van der Waals surface area contributed by atoms with Crippen LogP contribution in [0.15, 0.2) is 59.5 Å². The van der Waals surface area contributed by atoms with Crippen molar-refractivity contribution in [3.8, 4) is 5.75 Å². The van der Waals surface area contributed by atoms with E-state index >= 15 is 0 Å². The minimum Gasteiger partial charge on any atom is -0.494 e. The van der Waals surface area contributed by atoms with E-state index in [0.717, 1.165) is 11.3 Å². The largest absolute Gasteiger partial charge is 0.494 e. The molecule has 0 aliphatic carbocycles. The third-order valence-corrected chi connectivity index (χ3v) is 5.73. The second-order valence-corrected chi connectivity index (χ2v) is 8.05. The number of carbonyl (C=O) groups is 2. The molecule has 1 aliphatic rings. The molecule has 1 aliphatic heterocycles. The second-order valence-electron chi connectivity index (χ2n) is 6.37. The molecule has 0 radical (unpaired) electrons. The number of aliphatic hydroxyl groups excluding tert-OH is 1. The number of hydrogen-bond acceptors (Lipinski definition) is 6. The number of thioether (sulfide) groups is 1. The van der Waals surface area contributed by atoms with E-state index in [0.29, 0.717) is 21.5 Å². The smallest absolute Gasteiger partial charge is 0.266 e. The lowest BCUT2D eigenvalue weighted by Crippen LogP contribution is -2.43. The molecule has 0 saturated carbocycles. The quantitative estimate of drug-likeness (QED) is 0.500. The van der Waals surface area contributed by atoms with E-state index < -0.39 is 0 Å². The van der Waals surface area contributed by atoms with Crippen LogP contribution in [0.25, 0.3) is 6.08 Å².